The molecule has 4 rings (SSSR count). The summed E-state index contributed by atoms with van der Waals surface area (Å²) in [7, 11) is 0. The maximum atomic E-state index is 12.4. The van der Waals surface area contributed by atoms with E-state index in [1.54, 1.807) is 0 Å². The molecule has 1 unspecified atom stereocenters. The van der Waals surface area contributed by atoms with E-state index in [0.29, 0.717) is 57.4 Å². The van der Waals surface area contributed by atoms with E-state index in [2.05, 4.69) is 22.8 Å². The van der Waals surface area contributed by atoms with Crippen LogP contribution in [0.5, 0.6) is 0 Å². The van der Waals surface area contributed by atoms with Crippen LogP contribution in [0.25, 0.3) is 0 Å². The summed E-state index contributed by atoms with van der Waals surface area (Å²) in [6.07, 6.45) is 0.0935. The second kappa shape index (κ2) is 17.6. The number of carbonyl (C=O) groups excluding carboxylic acids is 1. The van der Waals surface area contributed by atoms with Gasteiger partial charge in [0.2, 0.25) is 5.91 Å². The van der Waals surface area contributed by atoms with Crippen molar-refractivity contribution in [3.8, 4) is 0 Å². The van der Waals surface area contributed by atoms with Gasteiger partial charge < -0.3 is 24.8 Å². The Kier molecular flexibility index (Phi) is 12.8. The fourth-order valence-corrected chi connectivity index (χ4v) is 4.46. The van der Waals surface area contributed by atoms with Gasteiger partial charge in [-0.25, -0.2) is 0 Å². The van der Waals surface area contributed by atoms with Crippen LogP contribution in [0, 0.1) is 0 Å². The molecule has 2 N–H and O–H groups in total. The molecule has 4 aromatic carbocycles. The predicted octanol–water partition coefficient (Wildman–Crippen LogP) is 6.53. The van der Waals surface area contributed by atoms with Crippen LogP contribution in [0.15, 0.2) is 133 Å². The van der Waals surface area contributed by atoms with Gasteiger partial charge in [0.15, 0.2) is 0 Å². The Hall–Kier alpha value is -4.23. The number of carbonyl (C=O) groups is 1. The van der Waals surface area contributed by atoms with Crippen LogP contribution in [-0.4, -0.2) is 25.2 Å². The van der Waals surface area contributed by atoms with E-state index in [-0.39, 0.29) is 5.91 Å². The van der Waals surface area contributed by atoms with Gasteiger partial charge in [-0.1, -0.05) is 121 Å². The van der Waals surface area contributed by atoms with Crippen LogP contribution in [0.2, 0.25) is 0 Å². The molecule has 0 heterocycles. The third kappa shape index (κ3) is 11.0. The summed E-state index contributed by atoms with van der Waals surface area (Å²) in [6.45, 7) is 4.25. The molecule has 0 bridgehead atoms. The van der Waals surface area contributed by atoms with E-state index in [0.717, 1.165) is 22.3 Å². The van der Waals surface area contributed by atoms with Crippen molar-refractivity contribution in [2.75, 3.05) is 13.2 Å². The Morgan fingerprint density at radius 1 is 0.667 bits per heavy atom. The van der Waals surface area contributed by atoms with Crippen LogP contribution in [-0.2, 0) is 45.4 Å². The Labute approximate surface area is 249 Å². The number of nitrogens with one attached hydrogen (secondary N) is 2. The molecule has 1 amide bonds. The van der Waals surface area contributed by atoms with Gasteiger partial charge in [-0.15, -0.1) is 0 Å². The standard InChI is InChI=1S/C36H40N2O4/c1-29(39)38-34(25-37-24-30-14-6-2-7-15-30)36(42-28-33-20-12-5-13-21-33)35(41-27-32-18-10-4-11-19-32)22-23-40-26-31-16-8-3-9-17-31/h2-21,35,37H,22-28H2,1H3,(H,38,39)/b36-34+. The molecule has 0 radical (unpaired) electrons. The SMILES string of the molecule is CC(=O)N/C(CNCc1ccccc1)=C(/OCc1ccccc1)C(CCOCc1ccccc1)OCc1ccccc1. The topological polar surface area (TPSA) is 68.8 Å². The quantitative estimate of drug-likeness (QED) is 0.113. The zero-order chi connectivity index (χ0) is 29.2. The van der Waals surface area contributed by atoms with Crippen molar-refractivity contribution < 1.29 is 19.0 Å². The fourth-order valence-electron chi connectivity index (χ4n) is 4.46. The minimum absolute atomic E-state index is 0.172. The molecule has 6 heteroatoms. The normalized spacial score (nSPS) is 12.3. The maximum Gasteiger partial charge on any atom is 0.221 e. The molecule has 4 aromatic rings. The minimum atomic E-state index is -0.454. The lowest BCUT2D eigenvalue weighted by molar-refractivity contribution is -0.118. The first-order chi connectivity index (χ1) is 20.7. The van der Waals surface area contributed by atoms with Crippen molar-refractivity contribution in [2.24, 2.45) is 0 Å². The fraction of sp³-hybridized carbons (Fsp3) is 0.250. The van der Waals surface area contributed by atoms with Crippen molar-refractivity contribution >= 4 is 5.91 Å². The zero-order valence-corrected chi connectivity index (χ0v) is 24.2. The number of amides is 1. The summed E-state index contributed by atoms with van der Waals surface area (Å²) in [4.78, 5) is 12.4. The smallest absolute Gasteiger partial charge is 0.221 e. The highest BCUT2D eigenvalue weighted by atomic mass is 16.5. The Morgan fingerprint density at radius 2 is 1.17 bits per heavy atom. The van der Waals surface area contributed by atoms with E-state index < -0.39 is 6.10 Å². The van der Waals surface area contributed by atoms with Gasteiger partial charge in [-0.3, -0.25) is 4.79 Å². The van der Waals surface area contributed by atoms with Gasteiger partial charge in [0.25, 0.3) is 0 Å². The van der Waals surface area contributed by atoms with Crippen LogP contribution >= 0.6 is 0 Å². The highest BCUT2D eigenvalue weighted by molar-refractivity contribution is 5.75. The maximum absolute atomic E-state index is 12.4. The highest BCUT2D eigenvalue weighted by Crippen LogP contribution is 2.21. The van der Waals surface area contributed by atoms with Crippen molar-refractivity contribution in [3.63, 3.8) is 0 Å². The minimum Gasteiger partial charge on any atom is -0.489 e. The molecule has 0 aliphatic heterocycles. The van der Waals surface area contributed by atoms with Gasteiger partial charge in [-0.2, -0.15) is 0 Å². The van der Waals surface area contributed by atoms with Gasteiger partial charge in [-0.05, 0) is 22.3 Å². The molecule has 0 saturated heterocycles. The number of hydrogen-bond donors (Lipinski definition) is 2. The predicted molar refractivity (Wildman–Crippen MR) is 166 cm³/mol. The number of rotatable bonds is 17. The Balaban J connectivity index is 1.57. The van der Waals surface area contributed by atoms with Crippen LogP contribution in [0.4, 0.5) is 0 Å². The van der Waals surface area contributed by atoms with Crippen LogP contribution in [0.3, 0.4) is 0 Å². The number of ether oxygens (including phenoxy) is 3. The van der Waals surface area contributed by atoms with E-state index in [1.165, 1.54) is 6.92 Å². The second-order valence-corrected chi connectivity index (χ2v) is 10.00. The first-order valence-corrected chi connectivity index (χ1v) is 14.4. The van der Waals surface area contributed by atoms with Gasteiger partial charge in [0.1, 0.15) is 18.5 Å². The molecule has 1 atom stereocenters. The summed E-state index contributed by atoms with van der Waals surface area (Å²) in [5, 5.41) is 6.49. The third-order valence-corrected chi connectivity index (χ3v) is 6.56. The molecular formula is C36H40N2O4. The van der Waals surface area contributed by atoms with Crippen molar-refractivity contribution in [1.82, 2.24) is 10.6 Å². The third-order valence-electron chi connectivity index (χ3n) is 6.56. The average Bonchev–Trinajstić information content (AvgIpc) is 3.03. The Bertz CT molecular complexity index is 1350. The summed E-state index contributed by atoms with van der Waals surface area (Å²) < 4.78 is 19.1. The number of benzene rings is 4. The van der Waals surface area contributed by atoms with Crippen molar-refractivity contribution in [3.05, 3.63) is 155 Å². The largest absolute Gasteiger partial charge is 0.489 e. The molecule has 0 saturated carbocycles. The van der Waals surface area contributed by atoms with E-state index in [9.17, 15) is 4.79 Å². The average molecular weight is 565 g/mol. The molecule has 0 fully saturated rings. The van der Waals surface area contributed by atoms with Gasteiger partial charge in [0, 0.05) is 33.0 Å². The van der Waals surface area contributed by atoms with E-state index in [4.69, 9.17) is 14.2 Å². The monoisotopic (exact) mass is 564 g/mol. The summed E-state index contributed by atoms with van der Waals surface area (Å²) in [5.41, 5.74) is 4.99. The van der Waals surface area contributed by atoms with Crippen LogP contribution < -0.4 is 10.6 Å². The van der Waals surface area contributed by atoms with E-state index >= 15 is 0 Å². The van der Waals surface area contributed by atoms with Gasteiger partial charge >= 0.3 is 0 Å². The van der Waals surface area contributed by atoms with E-state index in [1.807, 2.05) is 109 Å². The lowest BCUT2D eigenvalue weighted by Gasteiger charge is -2.25. The molecule has 42 heavy (non-hydrogen) atoms. The lowest BCUT2D eigenvalue weighted by atomic mass is 10.1. The Morgan fingerprint density at radius 3 is 1.71 bits per heavy atom. The summed E-state index contributed by atoms with van der Waals surface area (Å²) >= 11 is 0. The van der Waals surface area contributed by atoms with Crippen molar-refractivity contribution in [2.45, 2.75) is 45.8 Å². The van der Waals surface area contributed by atoms with Crippen LogP contribution in [0.1, 0.15) is 35.6 Å². The van der Waals surface area contributed by atoms with Gasteiger partial charge in [0.05, 0.1) is 18.9 Å². The molecule has 0 aliphatic rings. The number of hydrogen-bond acceptors (Lipinski definition) is 5. The molecule has 218 valence electrons. The first kappa shape index (κ1) is 30.7. The molecule has 0 aliphatic carbocycles. The highest BCUT2D eigenvalue weighted by Gasteiger charge is 2.23. The molecule has 0 spiro atoms. The zero-order valence-electron chi connectivity index (χ0n) is 24.2. The molecular weight excluding hydrogens is 524 g/mol. The molecule has 6 nitrogen and oxygen atoms in total. The summed E-state index contributed by atoms with van der Waals surface area (Å²) in [5.74, 6) is 0.420. The lowest BCUT2D eigenvalue weighted by Crippen LogP contribution is -2.33. The summed E-state index contributed by atoms with van der Waals surface area (Å²) in [6, 6.07) is 40.3. The van der Waals surface area contributed by atoms with Crippen molar-refractivity contribution in [1.29, 1.82) is 0 Å². The molecule has 0 aromatic heterocycles. The first-order valence-electron chi connectivity index (χ1n) is 14.4. The second-order valence-electron chi connectivity index (χ2n) is 10.00.